The number of aromatic nitrogens is 2. The zero-order valence-electron chi connectivity index (χ0n) is 12.9. The second-order valence-electron chi connectivity index (χ2n) is 6.30. The Balaban J connectivity index is 1.65. The Morgan fingerprint density at radius 2 is 2.23 bits per heavy atom. The van der Waals surface area contributed by atoms with Crippen molar-refractivity contribution >= 4 is 15.8 Å². The van der Waals surface area contributed by atoms with E-state index in [0.717, 1.165) is 30.8 Å². The molecule has 7 nitrogen and oxygen atoms in total. The quantitative estimate of drug-likeness (QED) is 0.883. The number of hydrogen-bond acceptors (Lipinski definition) is 6. The molecule has 0 aromatic carbocycles. The number of nitrogens with zero attached hydrogens (tertiary/aromatic N) is 3. The van der Waals surface area contributed by atoms with Crippen molar-refractivity contribution in [2.75, 3.05) is 31.3 Å². The number of sulfonamides is 1. The lowest BCUT2D eigenvalue weighted by Crippen LogP contribution is -2.50. The van der Waals surface area contributed by atoms with Crippen LogP contribution in [0.2, 0.25) is 0 Å². The Morgan fingerprint density at radius 1 is 1.41 bits per heavy atom. The minimum atomic E-state index is -3.16. The predicted octanol–water partition coefficient (Wildman–Crippen LogP) is 0.780. The second kappa shape index (κ2) is 5.75. The Labute approximate surface area is 131 Å². The van der Waals surface area contributed by atoms with Crippen molar-refractivity contribution in [3.05, 3.63) is 17.8 Å². The topological polar surface area (TPSA) is 84.4 Å². The third-order valence-corrected chi connectivity index (χ3v) is 5.58. The molecule has 0 unspecified atom stereocenters. The van der Waals surface area contributed by atoms with Gasteiger partial charge in [0.15, 0.2) is 0 Å². The minimum absolute atomic E-state index is 0.136. The SMILES string of the molecule is Cc1ccc(N[C@@H]2CO[C@]3(CCCN(S(C)(=O)=O)C3)C2)nn1. The monoisotopic (exact) mass is 326 g/mol. The van der Waals surface area contributed by atoms with E-state index in [1.165, 1.54) is 10.6 Å². The molecule has 2 fully saturated rings. The highest BCUT2D eigenvalue weighted by Gasteiger charge is 2.45. The third kappa shape index (κ3) is 3.39. The van der Waals surface area contributed by atoms with E-state index in [9.17, 15) is 8.42 Å². The molecule has 2 aliphatic rings. The molecule has 2 aliphatic heterocycles. The van der Waals surface area contributed by atoms with E-state index < -0.39 is 10.0 Å². The fraction of sp³-hybridized carbons (Fsp3) is 0.714. The smallest absolute Gasteiger partial charge is 0.211 e. The molecule has 22 heavy (non-hydrogen) atoms. The van der Waals surface area contributed by atoms with Gasteiger partial charge in [0.2, 0.25) is 10.0 Å². The first-order valence-corrected chi connectivity index (χ1v) is 9.37. The van der Waals surface area contributed by atoms with E-state index in [0.29, 0.717) is 19.7 Å². The summed E-state index contributed by atoms with van der Waals surface area (Å²) in [4.78, 5) is 0. The van der Waals surface area contributed by atoms with Crippen LogP contribution >= 0.6 is 0 Å². The first-order chi connectivity index (χ1) is 10.4. The van der Waals surface area contributed by atoms with Crippen molar-refractivity contribution in [3.8, 4) is 0 Å². The molecule has 2 atom stereocenters. The zero-order valence-corrected chi connectivity index (χ0v) is 13.8. The van der Waals surface area contributed by atoms with Crippen molar-refractivity contribution in [3.63, 3.8) is 0 Å². The number of hydrogen-bond donors (Lipinski definition) is 1. The molecule has 0 radical (unpaired) electrons. The van der Waals surface area contributed by atoms with Crippen LogP contribution in [-0.4, -0.2) is 60.5 Å². The number of piperidine rings is 1. The van der Waals surface area contributed by atoms with E-state index in [2.05, 4.69) is 15.5 Å². The van der Waals surface area contributed by atoms with E-state index in [4.69, 9.17) is 4.74 Å². The molecule has 0 amide bonds. The molecule has 122 valence electrons. The molecule has 3 heterocycles. The van der Waals surface area contributed by atoms with Gasteiger partial charge < -0.3 is 10.1 Å². The summed E-state index contributed by atoms with van der Waals surface area (Å²) in [5.41, 5.74) is 0.512. The molecule has 0 saturated carbocycles. The lowest BCUT2D eigenvalue weighted by molar-refractivity contribution is -0.0328. The van der Waals surface area contributed by atoms with Gasteiger partial charge in [-0.05, 0) is 31.9 Å². The van der Waals surface area contributed by atoms with Crippen LogP contribution in [0.25, 0.3) is 0 Å². The lowest BCUT2D eigenvalue weighted by atomic mass is 9.90. The number of anilines is 1. The maximum absolute atomic E-state index is 11.8. The van der Waals surface area contributed by atoms with E-state index in [1.54, 1.807) is 0 Å². The van der Waals surface area contributed by atoms with Crippen LogP contribution in [0.5, 0.6) is 0 Å². The Bertz CT molecular complexity index is 634. The highest BCUT2D eigenvalue weighted by atomic mass is 32.2. The maximum Gasteiger partial charge on any atom is 0.211 e. The molecular weight excluding hydrogens is 304 g/mol. The largest absolute Gasteiger partial charge is 0.371 e. The van der Waals surface area contributed by atoms with Gasteiger partial charge in [-0.2, -0.15) is 9.40 Å². The minimum Gasteiger partial charge on any atom is -0.371 e. The van der Waals surface area contributed by atoms with Gasteiger partial charge in [0.1, 0.15) is 5.82 Å². The van der Waals surface area contributed by atoms with E-state index >= 15 is 0 Å². The van der Waals surface area contributed by atoms with Crippen LogP contribution < -0.4 is 5.32 Å². The summed E-state index contributed by atoms with van der Waals surface area (Å²) in [6.07, 6.45) is 3.79. The standard InChI is InChI=1S/C14H22N4O3S/c1-11-4-5-13(17-16-11)15-12-8-14(21-9-12)6-3-7-18(10-14)22(2,19)20/h4-5,12H,3,6-10H2,1-2H3,(H,15,17)/t12-,14+/m0/s1. The van der Waals surface area contributed by atoms with Crippen molar-refractivity contribution < 1.29 is 13.2 Å². The van der Waals surface area contributed by atoms with Crippen molar-refractivity contribution in [2.24, 2.45) is 0 Å². The predicted molar refractivity (Wildman–Crippen MR) is 83.1 cm³/mol. The maximum atomic E-state index is 11.8. The van der Waals surface area contributed by atoms with Gasteiger partial charge in [0.25, 0.3) is 0 Å². The van der Waals surface area contributed by atoms with Crippen molar-refractivity contribution in [1.29, 1.82) is 0 Å². The molecule has 3 rings (SSSR count). The van der Waals surface area contributed by atoms with Gasteiger partial charge in [-0.25, -0.2) is 8.42 Å². The van der Waals surface area contributed by atoms with Crippen LogP contribution in [0.4, 0.5) is 5.82 Å². The van der Waals surface area contributed by atoms with Gasteiger partial charge in [0, 0.05) is 19.5 Å². The number of nitrogens with one attached hydrogen (secondary N) is 1. The van der Waals surface area contributed by atoms with Gasteiger partial charge in [0.05, 0.1) is 30.2 Å². The average Bonchev–Trinajstić information content (AvgIpc) is 2.83. The van der Waals surface area contributed by atoms with Gasteiger partial charge >= 0.3 is 0 Å². The Hall–Kier alpha value is -1.25. The Morgan fingerprint density at radius 3 is 2.91 bits per heavy atom. The summed E-state index contributed by atoms with van der Waals surface area (Å²) in [5, 5.41) is 11.5. The normalized spacial score (nSPS) is 29.8. The molecule has 1 aromatic heterocycles. The summed E-state index contributed by atoms with van der Waals surface area (Å²) in [6.45, 7) is 3.49. The van der Waals surface area contributed by atoms with Gasteiger partial charge in [-0.1, -0.05) is 0 Å². The molecule has 8 heteroatoms. The van der Waals surface area contributed by atoms with Crippen LogP contribution in [0.1, 0.15) is 25.0 Å². The lowest BCUT2D eigenvalue weighted by Gasteiger charge is -2.38. The molecule has 1 aromatic rings. The number of rotatable bonds is 3. The molecule has 0 bridgehead atoms. The van der Waals surface area contributed by atoms with Crippen LogP contribution in [-0.2, 0) is 14.8 Å². The van der Waals surface area contributed by atoms with Gasteiger partial charge in [-0.15, -0.1) is 5.10 Å². The third-order valence-electron chi connectivity index (χ3n) is 4.33. The summed E-state index contributed by atoms with van der Waals surface area (Å²) in [7, 11) is -3.16. The average molecular weight is 326 g/mol. The Kier molecular flexibility index (Phi) is 4.09. The molecule has 1 N–H and O–H groups in total. The summed E-state index contributed by atoms with van der Waals surface area (Å²) < 4.78 is 31.1. The van der Waals surface area contributed by atoms with Crippen LogP contribution in [0, 0.1) is 6.92 Å². The molecule has 1 spiro atoms. The van der Waals surface area contributed by atoms with Crippen LogP contribution in [0.15, 0.2) is 12.1 Å². The first kappa shape index (κ1) is 15.6. The first-order valence-electron chi connectivity index (χ1n) is 7.52. The van der Waals surface area contributed by atoms with E-state index in [-0.39, 0.29) is 11.6 Å². The van der Waals surface area contributed by atoms with Crippen molar-refractivity contribution in [1.82, 2.24) is 14.5 Å². The van der Waals surface area contributed by atoms with Crippen molar-refractivity contribution in [2.45, 2.75) is 37.8 Å². The fourth-order valence-corrected chi connectivity index (χ4v) is 4.18. The highest BCUT2D eigenvalue weighted by molar-refractivity contribution is 7.88. The van der Waals surface area contributed by atoms with Crippen LogP contribution in [0.3, 0.4) is 0 Å². The summed E-state index contributed by atoms with van der Waals surface area (Å²) >= 11 is 0. The summed E-state index contributed by atoms with van der Waals surface area (Å²) in [6, 6.07) is 3.95. The number of ether oxygens (including phenoxy) is 1. The molecular formula is C14H22N4O3S. The zero-order chi connectivity index (χ0) is 15.8. The summed E-state index contributed by atoms with van der Waals surface area (Å²) in [5.74, 6) is 0.729. The fourth-order valence-electron chi connectivity index (χ4n) is 3.25. The second-order valence-corrected chi connectivity index (χ2v) is 8.28. The molecule has 2 saturated heterocycles. The van der Waals surface area contributed by atoms with Gasteiger partial charge in [-0.3, -0.25) is 0 Å². The highest BCUT2D eigenvalue weighted by Crippen LogP contribution is 2.36. The molecule has 0 aliphatic carbocycles. The van der Waals surface area contributed by atoms with E-state index in [1.807, 2.05) is 19.1 Å². The number of aryl methyl sites for hydroxylation is 1.